The van der Waals surface area contributed by atoms with Gasteiger partial charge in [-0.15, -0.1) is 0 Å². The van der Waals surface area contributed by atoms with E-state index < -0.39 is 12.1 Å². The van der Waals surface area contributed by atoms with Crippen LogP contribution < -0.4 is 25.4 Å². The lowest BCUT2D eigenvalue weighted by Gasteiger charge is -2.34. The molecule has 2 aromatic carbocycles. The van der Waals surface area contributed by atoms with E-state index in [0.29, 0.717) is 41.5 Å². The predicted octanol–water partition coefficient (Wildman–Crippen LogP) is 4.46. The van der Waals surface area contributed by atoms with Crippen molar-refractivity contribution in [3.8, 4) is 11.5 Å². The van der Waals surface area contributed by atoms with Crippen molar-refractivity contribution in [1.82, 2.24) is 15.1 Å². The molecule has 5 amide bonds. The zero-order valence-electron chi connectivity index (χ0n) is 25.6. The first kappa shape index (κ1) is 31.9. The average Bonchev–Trinajstić information content (AvgIpc) is 3.04. The van der Waals surface area contributed by atoms with Crippen molar-refractivity contribution in [3.05, 3.63) is 48.0 Å². The molecule has 0 bridgehead atoms. The summed E-state index contributed by atoms with van der Waals surface area (Å²) in [4.78, 5) is 42.6. The third-order valence-electron chi connectivity index (χ3n) is 8.26. The first-order valence-corrected chi connectivity index (χ1v) is 15.1. The number of hydrogen-bond donors (Lipinski definition) is 4. The maximum absolute atomic E-state index is 13.5. The Morgan fingerprint density at radius 1 is 1.09 bits per heavy atom. The summed E-state index contributed by atoms with van der Waals surface area (Å²) in [5.74, 6) is 0.913. The maximum Gasteiger partial charge on any atom is 0.323 e. The van der Waals surface area contributed by atoms with Gasteiger partial charge in [0, 0.05) is 42.5 Å². The number of aliphatic hydroxyl groups is 1. The molecule has 0 saturated heterocycles. The van der Waals surface area contributed by atoms with Crippen molar-refractivity contribution >= 4 is 29.3 Å². The fourth-order valence-electron chi connectivity index (χ4n) is 5.58. The van der Waals surface area contributed by atoms with Crippen LogP contribution in [0.25, 0.3) is 0 Å². The number of urea groups is 2. The van der Waals surface area contributed by atoms with Crippen LogP contribution >= 0.6 is 0 Å². The fraction of sp³-hybridized carbons (Fsp3) is 0.531. The lowest BCUT2D eigenvalue weighted by molar-refractivity contribution is -0.134. The number of likely N-dealkylation sites (N-methyl/N-ethyl adjacent to an activating group) is 1. The molecule has 0 aromatic heterocycles. The molecule has 234 valence electrons. The van der Waals surface area contributed by atoms with Crippen molar-refractivity contribution in [2.45, 2.75) is 70.6 Å². The highest BCUT2D eigenvalue weighted by molar-refractivity contribution is 6.00. The lowest BCUT2D eigenvalue weighted by atomic mass is 9.96. The minimum atomic E-state index is -0.437. The molecule has 0 spiro atoms. The number of methoxy groups -OCH3 is 1. The molecule has 4 N–H and O–H groups in total. The molecule has 11 heteroatoms. The largest absolute Gasteiger partial charge is 0.497 e. The zero-order valence-corrected chi connectivity index (χ0v) is 25.6. The number of hydrogen-bond acceptors (Lipinski definition) is 6. The van der Waals surface area contributed by atoms with Crippen LogP contribution in [0.15, 0.2) is 42.5 Å². The van der Waals surface area contributed by atoms with E-state index in [2.05, 4.69) is 16.0 Å². The van der Waals surface area contributed by atoms with E-state index in [0.717, 1.165) is 25.7 Å². The first-order valence-electron chi connectivity index (χ1n) is 15.1. The van der Waals surface area contributed by atoms with Crippen molar-refractivity contribution < 1.29 is 29.0 Å². The number of ether oxygens (including phenoxy) is 2. The number of carbonyl (C=O) groups is 3. The Balaban J connectivity index is 1.52. The summed E-state index contributed by atoms with van der Waals surface area (Å²) < 4.78 is 11.7. The Kier molecular flexibility index (Phi) is 11.1. The van der Waals surface area contributed by atoms with Crippen LogP contribution in [-0.4, -0.2) is 84.9 Å². The van der Waals surface area contributed by atoms with E-state index >= 15 is 0 Å². The summed E-state index contributed by atoms with van der Waals surface area (Å²) in [6.07, 6.45) is 5.06. The number of amides is 5. The monoisotopic (exact) mass is 595 g/mol. The molecule has 0 unspecified atom stereocenters. The molecule has 1 saturated carbocycles. The molecular formula is C32H45N5O6. The average molecular weight is 596 g/mol. The van der Waals surface area contributed by atoms with Gasteiger partial charge in [-0.05, 0) is 62.2 Å². The van der Waals surface area contributed by atoms with Gasteiger partial charge in [0.05, 0.1) is 32.7 Å². The third kappa shape index (κ3) is 8.76. The second kappa shape index (κ2) is 15.0. The van der Waals surface area contributed by atoms with Crippen LogP contribution in [0.2, 0.25) is 0 Å². The molecule has 4 rings (SSSR count). The summed E-state index contributed by atoms with van der Waals surface area (Å²) in [6, 6.07) is 11.4. The second-order valence-electron chi connectivity index (χ2n) is 11.7. The highest BCUT2D eigenvalue weighted by atomic mass is 16.5. The minimum Gasteiger partial charge on any atom is -0.497 e. The van der Waals surface area contributed by atoms with E-state index in [1.54, 1.807) is 66.4 Å². The molecule has 1 heterocycles. The summed E-state index contributed by atoms with van der Waals surface area (Å²) in [7, 11) is 3.33. The van der Waals surface area contributed by atoms with Gasteiger partial charge in [-0.2, -0.15) is 0 Å². The summed E-state index contributed by atoms with van der Waals surface area (Å²) in [6.45, 7) is 4.32. The van der Waals surface area contributed by atoms with E-state index in [4.69, 9.17) is 9.47 Å². The van der Waals surface area contributed by atoms with Gasteiger partial charge in [0.2, 0.25) is 5.91 Å². The van der Waals surface area contributed by atoms with E-state index in [-0.39, 0.29) is 43.0 Å². The Bertz CT molecular complexity index is 1250. The highest BCUT2D eigenvalue weighted by Crippen LogP contribution is 2.29. The number of nitrogens with zero attached hydrogens (tertiary/aromatic N) is 2. The number of aliphatic hydroxyl groups excluding tert-OH is 1. The summed E-state index contributed by atoms with van der Waals surface area (Å²) in [5, 5.41) is 18.7. The normalized spacial score (nSPS) is 19.9. The third-order valence-corrected chi connectivity index (χ3v) is 8.26. The molecule has 3 atom stereocenters. The molecule has 1 aliphatic carbocycles. The number of benzene rings is 2. The molecule has 1 fully saturated rings. The smallest absolute Gasteiger partial charge is 0.323 e. The van der Waals surface area contributed by atoms with E-state index in [1.807, 2.05) is 13.8 Å². The number of nitrogens with one attached hydrogen (secondary N) is 3. The van der Waals surface area contributed by atoms with Gasteiger partial charge in [0.1, 0.15) is 17.6 Å². The minimum absolute atomic E-state index is 0.0345. The van der Waals surface area contributed by atoms with E-state index in [9.17, 15) is 19.5 Å². The van der Waals surface area contributed by atoms with Crippen molar-refractivity contribution in [3.63, 3.8) is 0 Å². The molecule has 2 aromatic rings. The molecule has 43 heavy (non-hydrogen) atoms. The van der Waals surface area contributed by atoms with Gasteiger partial charge in [0.25, 0.3) is 0 Å². The van der Waals surface area contributed by atoms with Crippen molar-refractivity contribution in [2.75, 3.05) is 44.5 Å². The maximum atomic E-state index is 13.5. The Labute approximate surface area is 253 Å². The SMILES string of the molecule is COc1ccc(NC(=O)Nc2ccc3c(c2)CC(=O)N([C@@H](C)CO)C[C@H](C)[C@H](CN(C)C(=O)NC2CCCCC2)O3)cc1. The number of carbonyl (C=O) groups excluding carboxylic acids is 3. The van der Waals surface area contributed by atoms with Crippen LogP contribution in [0.5, 0.6) is 11.5 Å². The Morgan fingerprint density at radius 3 is 2.44 bits per heavy atom. The molecule has 2 aliphatic rings. The summed E-state index contributed by atoms with van der Waals surface area (Å²) >= 11 is 0. The fourth-order valence-corrected chi connectivity index (χ4v) is 5.58. The second-order valence-corrected chi connectivity index (χ2v) is 11.7. The lowest BCUT2D eigenvalue weighted by Crippen LogP contribution is -2.50. The van der Waals surface area contributed by atoms with E-state index in [1.165, 1.54) is 6.42 Å². The number of fused-ring (bicyclic) bond motifs is 1. The molecule has 0 radical (unpaired) electrons. The topological polar surface area (TPSA) is 132 Å². The van der Waals surface area contributed by atoms with Crippen LogP contribution in [0.1, 0.15) is 51.5 Å². The van der Waals surface area contributed by atoms with Crippen LogP contribution in [0.4, 0.5) is 21.0 Å². The number of rotatable bonds is 8. The molecule has 1 aliphatic heterocycles. The Morgan fingerprint density at radius 2 is 1.77 bits per heavy atom. The number of anilines is 2. The Hall–Kier alpha value is -3.99. The van der Waals surface area contributed by atoms with Gasteiger partial charge in [-0.3, -0.25) is 4.79 Å². The first-order chi connectivity index (χ1) is 20.7. The van der Waals surface area contributed by atoms with Crippen molar-refractivity contribution in [2.24, 2.45) is 5.92 Å². The van der Waals surface area contributed by atoms with Gasteiger partial charge in [0.15, 0.2) is 0 Å². The molecular weight excluding hydrogens is 550 g/mol. The van der Waals surface area contributed by atoms with Gasteiger partial charge >= 0.3 is 12.1 Å². The van der Waals surface area contributed by atoms with Gasteiger partial charge < -0.3 is 40.3 Å². The van der Waals surface area contributed by atoms with Crippen LogP contribution in [-0.2, 0) is 11.2 Å². The zero-order chi connectivity index (χ0) is 30.9. The highest BCUT2D eigenvalue weighted by Gasteiger charge is 2.32. The van der Waals surface area contributed by atoms with Crippen LogP contribution in [0, 0.1) is 5.92 Å². The quantitative estimate of drug-likeness (QED) is 0.356. The molecule has 11 nitrogen and oxygen atoms in total. The van der Waals surface area contributed by atoms with Crippen LogP contribution in [0.3, 0.4) is 0 Å². The van der Waals surface area contributed by atoms with Gasteiger partial charge in [-0.25, -0.2) is 9.59 Å². The van der Waals surface area contributed by atoms with Crippen molar-refractivity contribution in [1.29, 1.82) is 0 Å². The predicted molar refractivity (Wildman–Crippen MR) is 166 cm³/mol. The summed E-state index contributed by atoms with van der Waals surface area (Å²) in [5.41, 5.74) is 1.70. The van der Waals surface area contributed by atoms with Gasteiger partial charge in [-0.1, -0.05) is 26.2 Å². The standard InChI is InChI=1S/C32H45N5O6/c1-21-18-37(22(2)20-38)30(39)17-23-16-26(34-31(40)33-25-10-13-27(42-4)14-11-25)12-15-28(23)43-29(21)19-36(3)32(41)35-24-8-6-5-7-9-24/h10-16,21-22,24,29,38H,5-9,17-20H2,1-4H3,(H,35,41)(H2,33,34,40)/t21-,22-,29-/m0/s1.